The Hall–Kier alpha value is -1.40. The monoisotopic (exact) mass is 340 g/mol. The molecule has 0 aromatic heterocycles. The van der Waals surface area contributed by atoms with Gasteiger partial charge in [0.05, 0.1) is 23.2 Å². The Morgan fingerprint density at radius 2 is 2.00 bits per heavy atom. The van der Waals surface area contributed by atoms with Crippen LogP contribution in [0.15, 0.2) is 18.2 Å². The molecule has 2 aliphatic rings. The molecule has 1 saturated carbocycles. The van der Waals surface area contributed by atoms with Crippen LogP contribution in [0.25, 0.3) is 0 Å². The number of nitrogens with zero attached hydrogens (tertiary/aromatic N) is 1. The summed E-state index contributed by atoms with van der Waals surface area (Å²) in [5.74, 6) is -0.00324. The molecule has 2 N–H and O–H groups in total. The highest BCUT2D eigenvalue weighted by Gasteiger charge is 2.48. The quantitative estimate of drug-likeness (QED) is 0.881. The lowest BCUT2D eigenvalue weighted by molar-refractivity contribution is -0.139. The first-order valence-corrected chi connectivity index (χ1v) is 8.75. The number of carbonyl (C=O) groups excluding carboxylic acids is 1. The van der Waals surface area contributed by atoms with Crippen LogP contribution in [0.5, 0.6) is 0 Å². The fourth-order valence-electron chi connectivity index (χ4n) is 2.67. The molecule has 0 bridgehead atoms. The molecule has 1 saturated heterocycles. The lowest BCUT2D eigenvalue weighted by Gasteiger charge is -2.30. The highest BCUT2D eigenvalue weighted by Crippen LogP contribution is 2.40. The Kier molecular flexibility index (Phi) is 4.49. The van der Waals surface area contributed by atoms with E-state index < -0.39 is 17.8 Å². The zero-order valence-electron chi connectivity index (χ0n) is 11.9. The molecule has 2 fully saturated rings. The fraction of sp³-hybridized carbons (Fsp3) is 0.467. The second kappa shape index (κ2) is 6.38. The highest BCUT2D eigenvalue weighted by molar-refractivity contribution is 7.99. The van der Waals surface area contributed by atoms with Gasteiger partial charge in [-0.1, -0.05) is 11.6 Å². The number of hydrogen-bond donors (Lipinski definition) is 2. The summed E-state index contributed by atoms with van der Waals surface area (Å²) in [7, 11) is 0. The van der Waals surface area contributed by atoms with E-state index in [0.29, 0.717) is 17.1 Å². The summed E-state index contributed by atoms with van der Waals surface area (Å²) < 4.78 is 0. The van der Waals surface area contributed by atoms with Gasteiger partial charge in [-0.15, -0.1) is 0 Å². The predicted molar refractivity (Wildman–Crippen MR) is 88.9 cm³/mol. The zero-order chi connectivity index (χ0) is 15.7. The number of carbonyl (C=O) groups is 2. The molecule has 1 aromatic rings. The molecule has 1 heterocycles. The van der Waals surface area contributed by atoms with Crippen molar-refractivity contribution in [3.05, 3.63) is 23.2 Å². The van der Waals surface area contributed by atoms with Gasteiger partial charge >= 0.3 is 5.97 Å². The average molecular weight is 341 g/mol. The summed E-state index contributed by atoms with van der Waals surface area (Å²) in [6.07, 6.45) is 0.414. The third-order valence-corrected chi connectivity index (χ3v) is 5.19. The SMILES string of the molecule is O=C(O)C1CC1C(=O)Nc1cc(Cl)ccc1N1CCSCC1. The summed E-state index contributed by atoms with van der Waals surface area (Å²) >= 11 is 7.96. The normalized spacial score (nSPS) is 24.0. The molecule has 1 aliphatic carbocycles. The number of benzene rings is 1. The van der Waals surface area contributed by atoms with Gasteiger partial charge in [-0.3, -0.25) is 9.59 Å². The molecule has 1 amide bonds. The maximum absolute atomic E-state index is 12.2. The maximum atomic E-state index is 12.2. The minimum atomic E-state index is -0.903. The standard InChI is InChI=1S/C15H17ClN2O3S/c16-9-1-2-13(18-3-5-22-6-4-18)12(7-9)17-14(19)10-8-11(10)15(20)21/h1-2,7,10-11H,3-6,8H2,(H,17,19)(H,20,21). The van der Waals surface area contributed by atoms with Crippen molar-refractivity contribution in [1.29, 1.82) is 0 Å². The van der Waals surface area contributed by atoms with Gasteiger partial charge < -0.3 is 15.3 Å². The first kappa shape index (κ1) is 15.5. The molecule has 1 aromatic carbocycles. The highest BCUT2D eigenvalue weighted by atomic mass is 35.5. The molecule has 118 valence electrons. The molecule has 0 spiro atoms. The third-order valence-electron chi connectivity index (χ3n) is 4.01. The first-order valence-electron chi connectivity index (χ1n) is 7.22. The van der Waals surface area contributed by atoms with Crippen molar-refractivity contribution in [1.82, 2.24) is 0 Å². The number of anilines is 2. The van der Waals surface area contributed by atoms with Crippen LogP contribution in [0.4, 0.5) is 11.4 Å². The van der Waals surface area contributed by atoms with Crippen LogP contribution in [0.2, 0.25) is 5.02 Å². The van der Waals surface area contributed by atoms with Crippen LogP contribution in [-0.4, -0.2) is 41.6 Å². The number of aliphatic carboxylic acids is 1. The van der Waals surface area contributed by atoms with Crippen molar-refractivity contribution >= 4 is 46.6 Å². The van der Waals surface area contributed by atoms with Crippen LogP contribution in [0.3, 0.4) is 0 Å². The van der Waals surface area contributed by atoms with E-state index in [4.69, 9.17) is 16.7 Å². The molecule has 2 unspecified atom stereocenters. The molecule has 22 heavy (non-hydrogen) atoms. The zero-order valence-corrected chi connectivity index (χ0v) is 13.5. The van der Waals surface area contributed by atoms with Crippen LogP contribution in [-0.2, 0) is 9.59 Å². The van der Waals surface area contributed by atoms with Gasteiger partial charge in [-0.25, -0.2) is 0 Å². The lowest BCUT2D eigenvalue weighted by atomic mass is 10.2. The smallest absolute Gasteiger partial charge is 0.307 e. The number of rotatable bonds is 4. The number of halogens is 1. The predicted octanol–water partition coefficient (Wildman–Crippen LogP) is 2.55. The molecular weight excluding hydrogens is 324 g/mol. The summed E-state index contributed by atoms with van der Waals surface area (Å²) in [6, 6.07) is 5.45. The Labute approximate surface area is 138 Å². The van der Waals surface area contributed by atoms with Gasteiger partial charge in [-0.2, -0.15) is 11.8 Å². The summed E-state index contributed by atoms with van der Waals surface area (Å²) in [4.78, 5) is 25.3. The van der Waals surface area contributed by atoms with Crippen molar-refractivity contribution in [2.45, 2.75) is 6.42 Å². The number of carboxylic acid groups (broad SMARTS) is 1. The first-order chi connectivity index (χ1) is 10.6. The maximum Gasteiger partial charge on any atom is 0.307 e. The number of amides is 1. The summed E-state index contributed by atoms with van der Waals surface area (Å²) in [6.45, 7) is 1.85. The number of carboxylic acids is 1. The largest absolute Gasteiger partial charge is 0.481 e. The van der Waals surface area contributed by atoms with Gasteiger partial charge in [-0.05, 0) is 24.6 Å². The van der Waals surface area contributed by atoms with Crippen LogP contribution >= 0.6 is 23.4 Å². The number of nitrogens with one attached hydrogen (secondary N) is 1. The number of hydrogen-bond acceptors (Lipinski definition) is 4. The molecule has 5 nitrogen and oxygen atoms in total. The van der Waals surface area contributed by atoms with Crippen molar-refractivity contribution in [2.24, 2.45) is 11.8 Å². The molecule has 0 radical (unpaired) electrons. The third kappa shape index (κ3) is 3.33. The molecule has 2 atom stereocenters. The average Bonchev–Trinajstić information content (AvgIpc) is 3.29. The molecule has 1 aliphatic heterocycles. The second-order valence-corrected chi connectivity index (χ2v) is 7.20. The van der Waals surface area contributed by atoms with Crippen LogP contribution in [0, 0.1) is 11.8 Å². The molecular formula is C15H17ClN2O3S. The number of thioether (sulfide) groups is 1. The lowest BCUT2D eigenvalue weighted by Crippen LogP contribution is -2.33. The minimum absolute atomic E-state index is 0.234. The van der Waals surface area contributed by atoms with E-state index >= 15 is 0 Å². The van der Waals surface area contributed by atoms with E-state index in [2.05, 4.69) is 10.2 Å². The second-order valence-electron chi connectivity index (χ2n) is 5.54. The Bertz CT molecular complexity index is 604. The van der Waals surface area contributed by atoms with Gasteiger partial charge in [0.1, 0.15) is 0 Å². The van der Waals surface area contributed by atoms with E-state index in [1.165, 1.54) is 0 Å². The van der Waals surface area contributed by atoms with Crippen molar-refractivity contribution < 1.29 is 14.7 Å². The van der Waals surface area contributed by atoms with E-state index in [1.807, 2.05) is 23.9 Å². The van der Waals surface area contributed by atoms with Gasteiger partial charge in [0, 0.05) is 29.6 Å². The van der Waals surface area contributed by atoms with Crippen molar-refractivity contribution in [2.75, 3.05) is 34.8 Å². The minimum Gasteiger partial charge on any atom is -0.481 e. The summed E-state index contributed by atoms with van der Waals surface area (Å²) in [5, 5.41) is 12.3. The molecule has 3 rings (SSSR count). The molecule has 7 heteroatoms. The fourth-order valence-corrected chi connectivity index (χ4v) is 3.75. The van der Waals surface area contributed by atoms with Gasteiger partial charge in [0.25, 0.3) is 0 Å². The van der Waals surface area contributed by atoms with E-state index in [0.717, 1.165) is 30.3 Å². The van der Waals surface area contributed by atoms with Crippen LogP contribution < -0.4 is 10.2 Å². The van der Waals surface area contributed by atoms with Gasteiger partial charge in [0.15, 0.2) is 0 Å². The topological polar surface area (TPSA) is 69.6 Å². The summed E-state index contributed by atoms with van der Waals surface area (Å²) in [5.41, 5.74) is 1.62. The Morgan fingerprint density at radius 1 is 1.27 bits per heavy atom. The van der Waals surface area contributed by atoms with E-state index in [-0.39, 0.29) is 5.91 Å². The van der Waals surface area contributed by atoms with Crippen molar-refractivity contribution in [3.63, 3.8) is 0 Å². The van der Waals surface area contributed by atoms with E-state index in [9.17, 15) is 9.59 Å². The van der Waals surface area contributed by atoms with Crippen LogP contribution in [0.1, 0.15) is 6.42 Å². The van der Waals surface area contributed by atoms with Gasteiger partial charge in [0.2, 0.25) is 5.91 Å². The van der Waals surface area contributed by atoms with Crippen molar-refractivity contribution in [3.8, 4) is 0 Å². The Morgan fingerprint density at radius 3 is 2.64 bits per heavy atom. The van der Waals surface area contributed by atoms with E-state index in [1.54, 1.807) is 6.07 Å². The Balaban J connectivity index is 1.76.